The lowest BCUT2D eigenvalue weighted by molar-refractivity contribution is 0.172. The summed E-state index contributed by atoms with van der Waals surface area (Å²) in [6.07, 6.45) is 1.17. The lowest BCUT2D eigenvalue weighted by Crippen LogP contribution is -2.45. The highest BCUT2D eigenvalue weighted by Gasteiger charge is 2.29. The molecule has 0 unspecified atom stereocenters. The first kappa shape index (κ1) is 23.5. The monoisotopic (exact) mass is 477 g/mol. The van der Waals surface area contributed by atoms with Gasteiger partial charge >= 0.3 is 6.09 Å². The second-order valence-electron chi connectivity index (χ2n) is 8.99. The van der Waals surface area contributed by atoms with Gasteiger partial charge in [-0.1, -0.05) is 30.3 Å². The number of ether oxygens (including phenoxy) is 1. The molecule has 34 heavy (non-hydrogen) atoms. The first-order valence-electron chi connectivity index (χ1n) is 10.8. The van der Waals surface area contributed by atoms with Crippen LogP contribution in [0.1, 0.15) is 26.5 Å². The number of aromatic nitrogens is 2. The maximum Gasteiger partial charge on any atom is 0.414 e. The highest BCUT2D eigenvalue weighted by molar-refractivity contribution is 7.90. The Hall–Kier alpha value is -3.65. The lowest BCUT2D eigenvalue weighted by atomic mass is 10.0. The summed E-state index contributed by atoms with van der Waals surface area (Å²) in [6.45, 7) is 7.56. The van der Waals surface area contributed by atoms with Gasteiger partial charge in [0.15, 0.2) is 5.65 Å². The van der Waals surface area contributed by atoms with Crippen molar-refractivity contribution in [2.45, 2.75) is 38.1 Å². The van der Waals surface area contributed by atoms with Gasteiger partial charge in [0.25, 0.3) is 10.0 Å². The molecule has 0 aliphatic rings. The van der Waals surface area contributed by atoms with Crippen LogP contribution in [-0.2, 0) is 14.8 Å². The molecule has 4 rings (SSSR count). The number of carbonyl (C=O) groups is 1. The number of fused-ring (bicyclic) bond motifs is 1. The van der Waals surface area contributed by atoms with Crippen molar-refractivity contribution in [2.24, 2.45) is 0 Å². The SMILES string of the molecule is COC(=O)N(c1ccc(-c2ccnc3c2cc(C)n3S(=O)(=O)c2ccccc2)cc1)C(C)(C)C. The van der Waals surface area contributed by atoms with E-state index in [2.05, 4.69) is 4.98 Å². The van der Waals surface area contributed by atoms with Crippen LogP contribution in [0.5, 0.6) is 0 Å². The summed E-state index contributed by atoms with van der Waals surface area (Å²) >= 11 is 0. The fourth-order valence-electron chi connectivity index (χ4n) is 4.10. The molecule has 0 N–H and O–H groups in total. The highest BCUT2D eigenvalue weighted by atomic mass is 32.2. The van der Waals surface area contributed by atoms with Crippen molar-refractivity contribution in [3.8, 4) is 11.1 Å². The number of nitrogens with zero attached hydrogens (tertiary/aromatic N) is 3. The number of hydrogen-bond acceptors (Lipinski definition) is 5. The van der Waals surface area contributed by atoms with Crippen molar-refractivity contribution in [2.75, 3.05) is 12.0 Å². The standard InChI is InChI=1S/C26H27N3O4S/c1-18-17-23-22(19-11-13-20(14-12-19)28(25(30)33-5)26(2,3)4)15-16-27-24(23)29(18)34(31,32)21-9-7-6-8-10-21/h6-17H,1-5H3. The van der Waals surface area contributed by atoms with E-state index in [0.29, 0.717) is 17.0 Å². The second kappa shape index (κ2) is 8.61. The molecule has 0 saturated heterocycles. The van der Waals surface area contributed by atoms with Crippen LogP contribution in [0.25, 0.3) is 22.2 Å². The summed E-state index contributed by atoms with van der Waals surface area (Å²) in [6, 6.07) is 19.5. The van der Waals surface area contributed by atoms with E-state index >= 15 is 0 Å². The number of amides is 1. The molecule has 7 nitrogen and oxygen atoms in total. The van der Waals surface area contributed by atoms with Crippen LogP contribution in [-0.4, -0.2) is 36.1 Å². The predicted molar refractivity (Wildman–Crippen MR) is 134 cm³/mol. The molecule has 4 aromatic rings. The van der Waals surface area contributed by atoms with Crippen molar-refractivity contribution in [3.05, 3.63) is 78.6 Å². The van der Waals surface area contributed by atoms with Crippen molar-refractivity contribution in [3.63, 3.8) is 0 Å². The first-order valence-corrected chi connectivity index (χ1v) is 12.3. The molecule has 0 aliphatic heterocycles. The van der Waals surface area contributed by atoms with Gasteiger partial charge in [-0.3, -0.25) is 4.90 Å². The lowest BCUT2D eigenvalue weighted by Gasteiger charge is -2.34. The molecule has 2 heterocycles. The molecule has 0 aliphatic carbocycles. The second-order valence-corrected chi connectivity index (χ2v) is 10.8. The molecule has 1 amide bonds. The molecule has 0 bridgehead atoms. The molecule has 0 atom stereocenters. The van der Waals surface area contributed by atoms with Crippen LogP contribution in [0, 0.1) is 6.92 Å². The summed E-state index contributed by atoms with van der Waals surface area (Å²) < 4.78 is 33.0. The molecule has 0 saturated carbocycles. The Morgan fingerprint density at radius 2 is 1.65 bits per heavy atom. The maximum absolute atomic E-state index is 13.4. The van der Waals surface area contributed by atoms with E-state index in [9.17, 15) is 13.2 Å². The zero-order chi connectivity index (χ0) is 24.7. The topological polar surface area (TPSA) is 81.5 Å². The molecule has 2 aromatic carbocycles. The summed E-state index contributed by atoms with van der Waals surface area (Å²) in [5.41, 5.74) is 2.90. The third-order valence-electron chi connectivity index (χ3n) is 5.58. The summed E-state index contributed by atoms with van der Waals surface area (Å²) in [5, 5.41) is 0.730. The normalized spacial score (nSPS) is 12.0. The maximum atomic E-state index is 13.4. The van der Waals surface area contributed by atoms with Crippen LogP contribution < -0.4 is 4.90 Å². The molecule has 2 aromatic heterocycles. The van der Waals surface area contributed by atoms with Gasteiger partial charge in [0, 0.05) is 28.5 Å². The minimum absolute atomic E-state index is 0.206. The van der Waals surface area contributed by atoms with E-state index in [1.807, 2.05) is 57.2 Å². The fourth-order valence-corrected chi connectivity index (χ4v) is 5.62. The Morgan fingerprint density at radius 3 is 2.24 bits per heavy atom. The van der Waals surface area contributed by atoms with Gasteiger partial charge in [0.1, 0.15) is 0 Å². The number of carbonyl (C=O) groups excluding carboxylic acids is 1. The van der Waals surface area contributed by atoms with E-state index in [0.717, 1.165) is 16.5 Å². The van der Waals surface area contributed by atoms with E-state index in [4.69, 9.17) is 4.74 Å². The smallest absolute Gasteiger partial charge is 0.414 e. The number of anilines is 1. The molecule has 176 valence electrons. The van der Waals surface area contributed by atoms with Crippen molar-refractivity contribution < 1.29 is 17.9 Å². The van der Waals surface area contributed by atoms with Crippen LogP contribution >= 0.6 is 0 Å². The molecule has 8 heteroatoms. The Morgan fingerprint density at radius 1 is 1.00 bits per heavy atom. The summed E-state index contributed by atoms with van der Waals surface area (Å²) in [4.78, 5) is 18.6. The van der Waals surface area contributed by atoms with E-state index in [1.165, 1.54) is 11.1 Å². The van der Waals surface area contributed by atoms with Gasteiger partial charge in [-0.05, 0) is 75.2 Å². The van der Waals surface area contributed by atoms with Crippen molar-refractivity contribution in [1.29, 1.82) is 0 Å². The summed E-state index contributed by atoms with van der Waals surface area (Å²) in [7, 11) is -2.44. The Labute approximate surface area is 199 Å². The minimum atomic E-state index is -3.80. The predicted octanol–water partition coefficient (Wildman–Crippen LogP) is 5.62. The molecular formula is C26H27N3O4S. The number of methoxy groups -OCH3 is 1. The van der Waals surface area contributed by atoms with Gasteiger partial charge in [-0.2, -0.15) is 0 Å². The minimum Gasteiger partial charge on any atom is -0.452 e. The van der Waals surface area contributed by atoms with Gasteiger partial charge < -0.3 is 4.74 Å². The summed E-state index contributed by atoms with van der Waals surface area (Å²) in [5.74, 6) is 0. The number of benzene rings is 2. The van der Waals surface area contributed by atoms with Gasteiger partial charge in [0.2, 0.25) is 0 Å². The molecular weight excluding hydrogens is 450 g/mol. The number of hydrogen-bond donors (Lipinski definition) is 0. The zero-order valence-electron chi connectivity index (χ0n) is 19.8. The zero-order valence-corrected chi connectivity index (χ0v) is 20.6. The first-order chi connectivity index (χ1) is 16.1. The van der Waals surface area contributed by atoms with Gasteiger partial charge in [-0.25, -0.2) is 22.2 Å². The van der Waals surface area contributed by atoms with Gasteiger partial charge in [0.05, 0.1) is 12.0 Å². The highest BCUT2D eigenvalue weighted by Crippen LogP contribution is 2.34. The van der Waals surface area contributed by atoms with Crippen LogP contribution in [0.3, 0.4) is 0 Å². The number of aryl methyl sites for hydroxylation is 1. The molecule has 0 radical (unpaired) electrons. The Balaban J connectivity index is 1.82. The third kappa shape index (κ3) is 4.05. The number of pyridine rings is 1. The van der Waals surface area contributed by atoms with E-state index in [1.54, 1.807) is 48.4 Å². The Kier molecular flexibility index (Phi) is 5.95. The van der Waals surface area contributed by atoms with Crippen LogP contribution in [0.4, 0.5) is 10.5 Å². The molecule has 0 spiro atoms. The van der Waals surface area contributed by atoms with Gasteiger partial charge in [-0.15, -0.1) is 0 Å². The number of rotatable bonds is 4. The average Bonchev–Trinajstić information content (AvgIpc) is 3.16. The largest absolute Gasteiger partial charge is 0.452 e. The molecule has 0 fully saturated rings. The van der Waals surface area contributed by atoms with Crippen LogP contribution in [0.15, 0.2) is 77.8 Å². The van der Waals surface area contributed by atoms with E-state index < -0.39 is 21.7 Å². The Bertz CT molecular complexity index is 1450. The fraction of sp³-hybridized carbons (Fsp3) is 0.231. The van der Waals surface area contributed by atoms with E-state index in [-0.39, 0.29) is 4.90 Å². The quantitative estimate of drug-likeness (QED) is 0.381. The average molecular weight is 478 g/mol. The van der Waals surface area contributed by atoms with Crippen molar-refractivity contribution in [1.82, 2.24) is 8.96 Å². The van der Waals surface area contributed by atoms with Crippen molar-refractivity contribution >= 4 is 32.8 Å². The van der Waals surface area contributed by atoms with Crippen LogP contribution in [0.2, 0.25) is 0 Å². The third-order valence-corrected chi connectivity index (χ3v) is 7.39.